The number of piperazine rings is 1. The number of carbonyl (C=O) groups is 1. The number of pyridine rings is 1. The number of nitrogens with one attached hydrogen (secondary N) is 1. The van der Waals surface area contributed by atoms with Crippen molar-refractivity contribution in [1.29, 1.82) is 0 Å². The number of benzene rings is 2. The zero-order valence-corrected chi connectivity index (χ0v) is 21.5. The van der Waals surface area contributed by atoms with E-state index in [1.807, 2.05) is 24.3 Å². The molecule has 2 aromatic carbocycles. The highest BCUT2D eigenvalue weighted by molar-refractivity contribution is 5.95. The molecule has 0 radical (unpaired) electrons. The molecule has 0 atom stereocenters. The van der Waals surface area contributed by atoms with Crippen LogP contribution in [0.3, 0.4) is 0 Å². The smallest absolute Gasteiger partial charge is 0.255 e. The van der Waals surface area contributed by atoms with E-state index >= 15 is 0 Å². The molecule has 5 rings (SSSR count). The van der Waals surface area contributed by atoms with E-state index in [-0.39, 0.29) is 11.8 Å². The largest absolute Gasteiger partial charge is 0.369 e. The van der Waals surface area contributed by atoms with E-state index in [0.717, 1.165) is 44.0 Å². The molecule has 1 fully saturated rings. The lowest BCUT2D eigenvalue weighted by Gasteiger charge is -2.36. The maximum Gasteiger partial charge on any atom is 0.255 e. The number of hydrogen-bond acceptors (Lipinski definition) is 5. The minimum Gasteiger partial charge on any atom is -0.369 e. The fourth-order valence-electron chi connectivity index (χ4n) is 4.95. The molecule has 7 heteroatoms. The summed E-state index contributed by atoms with van der Waals surface area (Å²) in [6.07, 6.45) is 3.39. The molecule has 1 saturated heterocycles. The highest BCUT2D eigenvalue weighted by Crippen LogP contribution is 2.23. The van der Waals surface area contributed by atoms with Gasteiger partial charge in [0.1, 0.15) is 0 Å². The van der Waals surface area contributed by atoms with Gasteiger partial charge in [-0.3, -0.25) is 9.69 Å². The van der Waals surface area contributed by atoms with Gasteiger partial charge < -0.3 is 10.2 Å². The molecule has 3 heterocycles. The Labute approximate surface area is 218 Å². The van der Waals surface area contributed by atoms with Crippen molar-refractivity contribution in [3.63, 3.8) is 0 Å². The van der Waals surface area contributed by atoms with Crippen molar-refractivity contribution in [2.45, 2.75) is 32.9 Å². The second kappa shape index (κ2) is 11.4. The van der Waals surface area contributed by atoms with Crippen LogP contribution in [0, 0.1) is 0 Å². The molecule has 0 bridgehead atoms. The first-order valence-electron chi connectivity index (χ1n) is 13.0. The summed E-state index contributed by atoms with van der Waals surface area (Å²) in [5.41, 5.74) is 5.14. The summed E-state index contributed by atoms with van der Waals surface area (Å²) in [5, 5.41) is 7.63. The number of hydrogen-bond donors (Lipinski definition) is 1. The summed E-state index contributed by atoms with van der Waals surface area (Å²) in [6, 6.07) is 24.7. The van der Waals surface area contributed by atoms with Crippen LogP contribution in [0.2, 0.25) is 0 Å². The van der Waals surface area contributed by atoms with Gasteiger partial charge in [0.2, 0.25) is 0 Å². The number of aromatic nitrogens is 3. The fraction of sp³-hybridized carbons (Fsp3) is 0.300. The van der Waals surface area contributed by atoms with Gasteiger partial charge in [-0.2, -0.15) is 5.10 Å². The van der Waals surface area contributed by atoms with E-state index in [2.05, 4.69) is 87.6 Å². The molecular formula is C30H34N6O. The minimum atomic E-state index is -0.114. The van der Waals surface area contributed by atoms with E-state index in [9.17, 15) is 4.79 Å². The third-order valence-corrected chi connectivity index (χ3v) is 6.91. The molecule has 4 aromatic rings. The lowest BCUT2D eigenvalue weighted by Crippen LogP contribution is -2.46. The van der Waals surface area contributed by atoms with E-state index in [4.69, 9.17) is 0 Å². The van der Waals surface area contributed by atoms with Gasteiger partial charge in [-0.25, -0.2) is 9.67 Å². The van der Waals surface area contributed by atoms with Crippen LogP contribution in [0.15, 0.2) is 85.2 Å². The molecule has 0 aliphatic carbocycles. The summed E-state index contributed by atoms with van der Waals surface area (Å²) < 4.78 is 1.77. The Balaban J connectivity index is 1.23. The molecule has 1 N–H and O–H groups in total. The van der Waals surface area contributed by atoms with Gasteiger partial charge >= 0.3 is 0 Å². The van der Waals surface area contributed by atoms with Gasteiger partial charge in [0.15, 0.2) is 5.82 Å². The van der Waals surface area contributed by atoms with Crippen molar-refractivity contribution in [3.05, 3.63) is 108 Å². The number of carbonyl (C=O) groups excluding carboxylic acids is 1. The van der Waals surface area contributed by atoms with Crippen molar-refractivity contribution in [2.24, 2.45) is 0 Å². The molecule has 1 aliphatic rings. The van der Waals surface area contributed by atoms with Gasteiger partial charge in [-0.15, -0.1) is 0 Å². The molecule has 2 aromatic heterocycles. The summed E-state index contributed by atoms with van der Waals surface area (Å²) in [4.78, 5) is 22.6. The Morgan fingerprint density at radius 3 is 2.30 bits per heavy atom. The van der Waals surface area contributed by atoms with Crippen LogP contribution in [0.5, 0.6) is 0 Å². The number of para-hydroxylation sites is 1. The molecule has 0 spiro atoms. The molecule has 190 valence electrons. The fourth-order valence-corrected chi connectivity index (χ4v) is 4.95. The average molecular weight is 495 g/mol. The highest BCUT2D eigenvalue weighted by Gasteiger charge is 2.22. The van der Waals surface area contributed by atoms with Crippen molar-refractivity contribution in [1.82, 2.24) is 25.0 Å². The number of nitrogens with zero attached hydrogens (tertiary/aromatic N) is 5. The van der Waals surface area contributed by atoms with Crippen LogP contribution in [0.1, 0.15) is 46.9 Å². The Hall–Kier alpha value is -3.97. The quantitative estimate of drug-likeness (QED) is 0.387. The third kappa shape index (κ3) is 5.73. The average Bonchev–Trinajstić information content (AvgIpc) is 3.40. The van der Waals surface area contributed by atoms with Crippen LogP contribution in [0.25, 0.3) is 5.82 Å². The topological polar surface area (TPSA) is 66.3 Å². The number of amides is 1. The molecular weight excluding hydrogens is 460 g/mol. The number of anilines is 1. The molecule has 37 heavy (non-hydrogen) atoms. The predicted octanol–water partition coefficient (Wildman–Crippen LogP) is 4.64. The summed E-state index contributed by atoms with van der Waals surface area (Å²) in [6.45, 7) is 9.55. The normalized spacial score (nSPS) is 14.2. The third-order valence-electron chi connectivity index (χ3n) is 6.91. The standard InChI is InChI=1S/C30H34N6O/c1-23(2)29-27(21-33-36(29)28-14-8-9-15-31-28)30(37)32-20-24-10-6-7-11-25(24)22-34-16-18-35(19-17-34)26-12-4-3-5-13-26/h3-15,21,23H,16-20,22H2,1-2H3,(H,32,37). The van der Waals surface area contributed by atoms with Crippen LogP contribution in [0.4, 0.5) is 5.69 Å². The van der Waals surface area contributed by atoms with Gasteiger partial charge in [0.25, 0.3) is 5.91 Å². The molecule has 1 aliphatic heterocycles. The first-order valence-corrected chi connectivity index (χ1v) is 13.0. The molecule has 7 nitrogen and oxygen atoms in total. The van der Waals surface area contributed by atoms with Crippen molar-refractivity contribution >= 4 is 11.6 Å². The van der Waals surface area contributed by atoms with Crippen LogP contribution >= 0.6 is 0 Å². The first kappa shape index (κ1) is 24.7. The van der Waals surface area contributed by atoms with Gasteiger partial charge in [-0.05, 0) is 41.3 Å². The highest BCUT2D eigenvalue weighted by atomic mass is 16.1. The molecule has 0 unspecified atom stereocenters. The Morgan fingerprint density at radius 2 is 1.59 bits per heavy atom. The Morgan fingerprint density at radius 1 is 0.892 bits per heavy atom. The van der Waals surface area contributed by atoms with E-state index < -0.39 is 0 Å². The maximum atomic E-state index is 13.3. The Kier molecular flexibility index (Phi) is 7.61. The van der Waals surface area contributed by atoms with E-state index in [1.54, 1.807) is 17.1 Å². The monoisotopic (exact) mass is 494 g/mol. The second-order valence-corrected chi connectivity index (χ2v) is 9.75. The van der Waals surface area contributed by atoms with Crippen molar-refractivity contribution in [3.8, 4) is 5.82 Å². The molecule has 0 saturated carbocycles. The van der Waals surface area contributed by atoms with Gasteiger partial charge in [-0.1, -0.05) is 62.4 Å². The molecule has 1 amide bonds. The zero-order valence-electron chi connectivity index (χ0n) is 21.5. The van der Waals surface area contributed by atoms with Gasteiger partial charge in [0, 0.05) is 51.2 Å². The zero-order chi connectivity index (χ0) is 25.6. The number of rotatable bonds is 8. The predicted molar refractivity (Wildman–Crippen MR) is 147 cm³/mol. The first-order chi connectivity index (χ1) is 18.1. The lowest BCUT2D eigenvalue weighted by molar-refractivity contribution is 0.0949. The van der Waals surface area contributed by atoms with E-state index in [0.29, 0.717) is 17.9 Å². The second-order valence-electron chi connectivity index (χ2n) is 9.75. The van der Waals surface area contributed by atoms with Crippen LogP contribution < -0.4 is 10.2 Å². The SMILES string of the molecule is CC(C)c1c(C(=O)NCc2ccccc2CN2CCN(c3ccccc3)CC2)cnn1-c1ccccn1. The van der Waals surface area contributed by atoms with E-state index in [1.165, 1.54) is 11.3 Å². The summed E-state index contributed by atoms with van der Waals surface area (Å²) in [5.74, 6) is 0.715. The maximum absolute atomic E-state index is 13.3. The summed E-state index contributed by atoms with van der Waals surface area (Å²) >= 11 is 0. The van der Waals surface area contributed by atoms with Crippen molar-refractivity contribution in [2.75, 3.05) is 31.1 Å². The van der Waals surface area contributed by atoms with Crippen LogP contribution in [-0.2, 0) is 13.1 Å². The van der Waals surface area contributed by atoms with Crippen LogP contribution in [-0.4, -0.2) is 51.8 Å². The van der Waals surface area contributed by atoms with Crippen molar-refractivity contribution < 1.29 is 4.79 Å². The minimum absolute atomic E-state index is 0.114. The Bertz CT molecular complexity index is 1310. The van der Waals surface area contributed by atoms with Gasteiger partial charge in [0.05, 0.1) is 17.5 Å². The lowest BCUT2D eigenvalue weighted by atomic mass is 10.0. The summed E-state index contributed by atoms with van der Waals surface area (Å²) in [7, 11) is 0.